The van der Waals surface area contributed by atoms with Crippen LogP contribution in [0.4, 0.5) is 20.2 Å². The van der Waals surface area contributed by atoms with Crippen LogP contribution in [0.2, 0.25) is 0 Å². The van der Waals surface area contributed by atoms with E-state index < -0.39 is 17.8 Å². The van der Waals surface area contributed by atoms with Crippen LogP contribution >= 0.6 is 12.1 Å². The summed E-state index contributed by atoms with van der Waals surface area (Å²) in [5.41, 5.74) is 7.78. The van der Waals surface area contributed by atoms with E-state index in [1.165, 1.54) is 30.3 Å². The zero-order valence-electron chi connectivity index (χ0n) is 32.2. The van der Waals surface area contributed by atoms with Crippen LogP contribution in [0.3, 0.4) is 0 Å². The second-order valence-electron chi connectivity index (χ2n) is 15.6. The molecule has 1 atom stereocenters. The molecule has 7 rings (SSSR count). The highest BCUT2D eigenvalue weighted by Gasteiger charge is 2.47. The Bertz CT molecular complexity index is 2170. The van der Waals surface area contributed by atoms with Gasteiger partial charge >= 0.3 is 0 Å². The Morgan fingerprint density at radius 2 is 1.82 bits per heavy atom. The van der Waals surface area contributed by atoms with Crippen LogP contribution in [-0.2, 0) is 4.79 Å². The van der Waals surface area contributed by atoms with E-state index in [9.17, 15) is 14.9 Å². The van der Waals surface area contributed by atoms with Crippen LogP contribution < -0.4 is 26.1 Å². The standard InChI is InChI=1S/C42H50F2N8O3S/c1-4-36(40(46)53)48-27-8-12-31(35(44)20-27)26-6-9-28(10-7-26)51-18-16-42(17-19-51)22-29(23-42)52-25-47-37-14-11-30(21-32(37)41(52)54)55-39-33(24-45)38(15-13-34(39)43)49-56-50(3)5-2/h8,11-15,20-21,25-26,28-29,36,48-49H,4-7,9-10,16-19,22-23H2,1-3H3,(H2,46,53). The Labute approximate surface area is 330 Å². The molecule has 14 heteroatoms. The van der Waals surface area contributed by atoms with Gasteiger partial charge in [-0.3, -0.25) is 14.2 Å². The highest BCUT2D eigenvalue weighted by Crippen LogP contribution is 2.55. The van der Waals surface area contributed by atoms with Crippen molar-refractivity contribution in [2.24, 2.45) is 11.1 Å². The number of nitrogens with zero attached hydrogens (tertiary/aromatic N) is 5. The molecule has 3 aromatic carbocycles. The number of halogens is 2. The van der Waals surface area contributed by atoms with Gasteiger partial charge in [0.25, 0.3) is 5.56 Å². The molecule has 56 heavy (non-hydrogen) atoms. The van der Waals surface area contributed by atoms with E-state index in [4.69, 9.17) is 10.5 Å². The lowest BCUT2D eigenvalue weighted by Crippen LogP contribution is -2.51. The summed E-state index contributed by atoms with van der Waals surface area (Å²) in [5.74, 6) is -1.14. The summed E-state index contributed by atoms with van der Waals surface area (Å²) in [6.45, 7) is 6.66. The summed E-state index contributed by atoms with van der Waals surface area (Å²) in [4.78, 5) is 32.7. The van der Waals surface area contributed by atoms with E-state index >= 15 is 8.78 Å². The molecule has 0 bridgehead atoms. The maximum atomic E-state index is 15.2. The van der Waals surface area contributed by atoms with Gasteiger partial charge in [-0.05, 0) is 137 Å². The number of ether oxygens (including phenoxy) is 1. The minimum Gasteiger partial charge on any atom is -0.453 e. The SMILES string of the molecule is CCC(Nc1ccc(C2CCC(N3CCC4(CC3)CC(n3cnc5ccc(Oc6c(F)ccc(NSN(C)CC)c6C#N)cc5c3=O)C4)CC2)c(F)c1)C(N)=O. The van der Waals surface area contributed by atoms with Crippen LogP contribution in [0.15, 0.2) is 59.7 Å². The van der Waals surface area contributed by atoms with Crippen molar-refractivity contribution >= 4 is 40.3 Å². The van der Waals surface area contributed by atoms with Gasteiger partial charge in [-0.15, -0.1) is 0 Å². The Balaban J connectivity index is 0.942. The first-order chi connectivity index (χ1) is 27.0. The van der Waals surface area contributed by atoms with Crippen LogP contribution in [0.1, 0.15) is 94.7 Å². The molecule has 3 fully saturated rings. The number of nitrogens with one attached hydrogen (secondary N) is 2. The lowest BCUT2D eigenvalue weighted by atomic mass is 9.60. The molecule has 1 unspecified atom stereocenters. The number of likely N-dealkylation sites (tertiary alicyclic amines) is 1. The quantitative estimate of drug-likeness (QED) is 0.114. The maximum absolute atomic E-state index is 15.2. The second kappa shape index (κ2) is 16.8. The fraction of sp³-hybridized carbons (Fsp3) is 0.476. The Morgan fingerprint density at radius 1 is 1.07 bits per heavy atom. The summed E-state index contributed by atoms with van der Waals surface area (Å²) in [7, 11) is 1.89. The number of nitrogens with two attached hydrogens (primary N) is 1. The third kappa shape index (κ3) is 8.21. The monoisotopic (exact) mass is 784 g/mol. The van der Waals surface area contributed by atoms with Crippen LogP contribution in [0.5, 0.6) is 11.5 Å². The van der Waals surface area contributed by atoms with Gasteiger partial charge in [0.1, 0.15) is 29.2 Å². The lowest BCUT2D eigenvalue weighted by molar-refractivity contribution is -0.118. The molecule has 0 radical (unpaired) electrons. The van der Waals surface area contributed by atoms with Crippen molar-refractivity contribution in [1.29, 1.82) is 5.26 Å². The van der Waals surface area contributed by atoms with Gasteiger partial charge in [-0.2, -0.15) is 5.26 Å². The van der Waals surface area contributed by atoms with Crippen molar-refractivity contribution in [2.45, 2.75) is 95.7 Å². The van der Waals surface area contributed by atoms with Gasteiger partial charge in [0.15, 0.2) is 11.6 Å². The van der Waals surface area contributed by atoms with Gasteiger partial charge in [0.2, 0.25) is 5.91 Å². The average Bonchev–Trinajstić information content (AvgIpc) is 3.19. The first-order valence-electron chi connectivity index (χ1n) is 19.7. The first-order valence-corrected chi connectivity index (χ1v) is 20.4. The van der Waals surface area contributed by atoms with Crippen LogP contribution in [-0.4, -0.2) is 63.4 Å². The smallest absolute Gasteiger partial charge is 0.261 e. The number of primary amides is 1. The van der Waals surface area contributed by atoms with E-state index in [0.717, 1.165) is 76.6 Å². The van der Waals surface area contributed by atoms with E-state index in [1.54, 1.807) is 29.1 Å². The molecule has 3 aliphatic rings. The van der Waals surface area contributed by atoms with Crippen molar-refractivity contribution in [3.63, 3.8) is 0 Å². The van der Waals surface area contributed by atoms with Gasteiger partial charge in [-0.1, -0.05) is 19.9 Å². The fourth-order valence-corrected chi connectivity index (χ4v) is 9.34. The highest BCUT2D eigenvalue weighted by atomic mass is 32.2. The van der Waals surface area contributed by atoms with Crippen molar-refractivity contribution in [3.05, 3.63) is 88.0 Å². The Kier molecular flexibility index (Phi) is 11.9. The molecule has 1 amide bonds. The Hall–Kier alpha value is -4.71. The predicted octanol–water partition coefficient (Wildman–Crippen LogP) is 8.08. The zero-order chi connectivity index (χ0) is 39.6. The normalized spacial score (nSPS) is 20.4. The van der Waals surface area contributed by atoms with Gasteiger partial charge in [-0.25, -0.2) is 18.1 Å². The second-order valence-corrected chi connectivity index (χ2v) is 16.6. The molecule has 4 N–H and O–H groups in total. The van der Waals surface area contributed by atoms with Crippen molar-refractivity contribution in [1.82, 2.24) is 18.8 Å². The predicted molar refractivity (Wildman–Crippen MR) is 217 cm³/mol. The molecule has 11 nitrogen and oxygen atoms in total. The van der Waals surface area contributed by atoms with Gasteiger partial charge in [0, 0.05) is 36.4 Å². The molecule has 1 spiro atoms. The summed E-state index contributed by atoms with van der Waals surface area (Å²) < 4.78 is 42.9. The zero-order valence-corrected chi connectivity index (χ0v) is 33.0. The topological polar surface area (TPSA) is 142 Å². The number of benzene rings is 3. The van der Waals surface area contributed by atoms with Gasteiger partial charge < -0.3 is 25.4 Å². The summed E-state index contributed by atoms with van der Waals surface area (Å²) in [6, 6.07) is 14.9. The summed E-state index contributed by atoms with van der Waals surface area (Å²) >= 11 is 1.29. The lowest BCUT2D eigenvalue weighted by Gasteiger charge is -2.54. The average molecular weight is 785 g/mol. The number of carbonyl (C=O) groups is 1. The molecular weight excluding hydrogens is 735 g/mol. The third-order valence-corrected chi connectivity index (χ3v) is 13.2. The molecule has 2 saturated carbocycles. The number of rotatable bonds is 13. The highest BCUT2D eigenvalue weighted by molar-refractivity contribution is 7.98. The minimum atomic E-state index is -0.678. The van der Waals surface area contributed by atoms with E-state index in [0.29, 0.717) is 34.7 Å². The number of carbonyl (C=O) groups excluding carboxylic acids is 1. The molecule has 1 saturated heterocycles. The number of hydrogen-bond donors (Lipinski definition) is 3. The van der Waals surface area contributed by atoms with Crippen molar-refractivity contribution in [2.75, 3.05) is 36.7 Å². The number of nitriles is 1. The maximum Gasteiger partial charge on any atom is 0.261 e. The summed E-state index contributed by atoms with van der Waals surface area (Å²) in [6.07, 6.45) is 10.1. The number of aromatic nitrogens is 2. The van der Waals surface area contributed by atoms with Crippen LogP contribution in [0, 0.1) is 28.4 Å². The molecule has 1 aromatic heterocycles. The minimum absolute atomic E-state index is 0.0314. The molecular formula is C42H50F2N8O3S. The van der Waals surface area contributed by atoms with Crippen molar-refractivity contribution in [3.8, 4) is 17.6 Å². The number of amides is 1. The number of piperidine rings is 1. The third-order valence-electron chi connectivity index (χ3n) is 12.3. The first kappa shape index (κ1) is 39.5. The van der Waals surface area contributed by atoms with E-state index in [-0.39, 0.29) is 45.8 Å². The fourth-order valence-electron chi connectivity index (χ4n) is 8.78. The molecule has 1 aliphatic heterocycles. The Morgan fingerprint density at radius 3 is 2.48 bits per heavy atom. The van der Waals surface area contributed by atoms with E-state index in [2.05, 4.69) is 26.0 Å². The molecule has 2 heterocycles. The molecule has 296 valence electrons. The summed E-state index contributed by atoms with van der Waals surface area (Å²) in [5, 5.41) is 13.3. The molecule has 4 aromatic rings. The number of hydrogen-bond acceptors (Lipinski definition) is 10. The largest absolute Gasteiger partial charge is 0.453 e. The van der Waals surface area contributed by atoms with Crippen molar-refractivity contribution < 1.29 is 18.3 Å². The number of anilines is 2. The number of fused-ring (bicyclic) bond motifs is 1. The molecule has 2 aliphatic carbocycles. The van der Waals surface area contributed by atoms with Crippen LogP contribution in [0.25, 0.3) is 10.9 Å². The van der Waals surface area contributed by atoms with E-state index in [1.807, 2.05) is 37.3 Å². The van der Waals surface area contributed by atoms with Gasteiger partial charge in [0.05, 0.1) is 22.9 Å².